The van der Waals surface area contributed by atoms with Crippen LogP contribution < -0.4 is 0 Å². The molecule has 9 aromatic carbocycles. The van der Waals surface area contributed by atoms with Gasteiger partial charge in [0.05, 0.1) is 10.8 Å². The second-order valence-electron chi connectivity index (χ2n) is 16.3. The van der Waals surface area contributed by atoms with Crippen molar-refractivity contribution in [3.63, 3.8) is 0 Å². The molecule has 0 heteroatoms. The molecule has 3 aliphatic rings. The number of allylic oxidation sites excluding steroid dienone is 4. The quantitative estimate of drug-likeness (QED) is 0.152. The van der Waals surface area contributed by atoms with E-state index < -0.39 is 10.8 Å². The maximum atomic E-state index is 2.48. The van der Waals surface area contributed by atoms with E-state index in [0.717, 1.165) is 0 Å². The van der Waals surface area contributed by atoms with E-state index in [1.807, 2.05) is 0 Å². The molecule has 1 atom stereocenters. The standard InChI is InChI=1S/C60H40/c1-6-19-41(20-7-1)44-35-38-51-55(39-44)60(46-25-12-4-13-26-46,47-27-14-5-15-28-47)56-40-52(58(51)56)43-33-36-48(37-34-43)59(45-23-10-3-11-24-45)53-31-17-16-29-50(53)57-49(30-18-32-54(57)59)42-21-8-2-9-22-42/h1-40H. The average molecular weight is 761 g/mol. The molecule has 1 unspecified atom stereocenters. The summed E-state index contributed by atoms with van der Waals surface area (Å²) in [5.74, 6) is 0. The molecule has 0 heterocycles. The van der Waals surface area contributed by atoms with Gasteiger partial charge in [-0.25, -0.2) is 0 Å². The zero-order valence-electron chi connectivity index (χ0n) is 33.1. The van der Waals surface area contributed by atoms with Crippen LogP contribution in [0.2, 0.25) is 0 Å². The van der Waals surface area contributed by atoms with E-state index in [0.29, 0.717) is 0 Å². The molecule has 0 bridgehead atoms. The highest BCUT2D eigenvalue weighted by molar-refractivity contribution is 6.19. The Labute approximate surface area is 352 Å². The van der Waals surface area contributed by atoms with Crippen LogP contribution in [0.3, 0.4) is 0 Å². The number of benzene rings is 9. The Kier molecular flexibility index (Phi) is 7.77. The highest BCUT2D eigenvalue weighted by Gasteiger charge is 2.51. The molecule has 9 aromatic rings. The van der Waals surface area contributed by atoms with Crippen molar-refractivity contribution in [1.82, 2.24) is 0 Å². The van der Waals surface area contributed by atoms with E-state index in [1.54, 1.807) is 0 Å². The molecular weight excluding hydrogens is 721 g/mol. The van der Waals surface area contributed by atoms with Gasteiger partial charge in [0.2, 0.25) is 0 Å². The number of hydrogen-bond donors (Lipinski definition) is 0. The molecule has 0 N–H and O–H groups in total. The van der Waals surface area contributed by atoms with Crippen molar-refractivity contribution >= 4 is 11.1 Å². The third-order valence-corrected chi connectivity index (χ3v) is 13.4. The first kappa shape index (κ1) is 34.5. The van der Waals surface area contributed by atoms with Crippen LogP contribution in [0.25, 0.3) is 44.5 Å². The molecule has 3 aliphatic carbocycles. The molecule has 0 radical (unpaired) electrons. The van der Waals surface area contributed by atoms with Crippen molar-refractivity contribution in [1.29, 1.82) is 0 Å². The molecule has 12 rings (SSSR count). The summed E-state index contributed by atoms with van der Waals surface area (Å²) >= 11 is 0. The van der Waals surface area contributed by atoms with Crippen molar-refractivity contribution in [2.45, 2.75) is 10.8 Å². The molecule has 60 heavy (non-hydrogen) atoms. The van der Waals surface area contributed by atoms with Crippen molar-refractivity contribution in [3.8, 4) is 33.4 Å². The van der Waals surface area contributed by atoms with Crippen molar-refractivity contribution in [2.24, 2.45) is 0 Å². The first-order chi connectivity index (χ1) is 29.8. The molecule has 0 spiro atoms. The van der Waals surface area contributed by atoms with E-state index in [-0.39, 0.29) is 0 Å². The number of hydrogen-bond acceptors (Lipinski definition) is 0. The lowest BCUT2D eigenvalue weighted by Crippen LogP contribution is -2.30. The van der Waals surface area contributed by atoms with Gasteiger partial charge >= 0.3 is 0 Å². The van der Waals surface area contributed by atoms with Crippen LogP contribution in [0.15, 0.2) is 248 Å². The van der Waals surface area contributed by atoms with Crippen LogP contribution in [0.4, 0.5) is 0 Å². The fourth-order valence-electron chi connectivity index (χ4n) is 10.9. The highest BCUT2D eigenvalue weighted by Crippen LogP contribution is 2.63. The smallest absolute Gasteiger partial charge is 0.0622 e. The van der Waals surface area contributed by atoms with E-state index >= 15 is 0 Å². The molecule has 280 valence electrons. The summed E-state index contributed by atoms with van der Waals surface area (Å²) in [4.78, 5) is 0. The minimum Gasteiger partial charge on any atom is -0.0622 e. The van der Waals surface area contributed by atoms with Gasteiger partial charge in [-0.05, 0) is 112 Å². The van der Waals surface area contributed by atoms with Gasteiger partial charge < -0.3 is 0 Å². The molecule has 0 amide bonds. The number of fused-ring (bicyclic) bond motifs is 5. The monoisotopic (exact) mass is 760 g/mol. The van der Waals surface area contributed by atoms with Gasteiger partial charge in [-0.2, -0.15) is 0 Å². The van der Waals surface area contributed by atoms with Gasteiger partial charge in [-0.1, -0.05) is 231 Å². The fourth-order valence-corrected chi connectivity index (χ4v) is 10.9. The maximum absolute atomic E-state index is 2.48. The third-order valence-electron chi connectivity index (χ3n) is 13.4. The summed E-state index contributed by atoms with van der Waals surface area (Å²) in [5, 5.41) is 0. The Morgan fingerprint density at radius 3 is 1.38 bits per heavy atom. The number of rotatable bonds is 7. The van der Waals surface area contributed by atoms with E-state index in [9.17, 15) is 0 Å². The largest absolute Gasteiger partial charge is 0.0714 e. The second kappa shape index (κ2) is 13.5. The Morgan fingerprint density at radius 2 is 0.750 bits per heavy atom. The Hall–Kier alpha value is -7.54. The van der Waals surface area contributed by atoms with Crippen LogP contribution >= 0.6 is 0 Å². The second-order valence-corrected chi connectivity index (χ2v) is 16.3. The fraction of sp³-hybridized carbons (Fsp3) is 0.0333. The summed E-state index contributed by atoms with van der Waals surface area (Å²) < 4.78 is 0. The highest BCUT2D eigenvalue weighted by atomic mass is 14.5. The lowest BCUT2D eigenvalue weighted by molar-refractivity contribution is 0.760. The topological polar surface area (TPSA) is 0 Å². The average Bonchev–Trinajstić information content (AvgIpc) is 3.75. The molecule has 0 fully saturated rings. The van der Waals surface area contributed by atoms with Gasteiger partial charge in [-0.15, -0.1) is 0 Å². The SMILES string of the molecule is C1=C(c2ccc(C3(c4ccccc4)c4ccccc4-c4c(-c5ccccc5)cccc43)cc2)C2=C1C(c1ccccc1)(c1ccccc1)c1cc(-c3ccccc3)ccc12. The van der Waals surface area contributed by atoms with Crippen molar-refractivity contribution in [3.05, 3.63) is 298 Å². The van der Waals surface area contributed by atoms with E-state index in [4.69, 9.17) is 0 Å². The lowest BCUT2D eigenvalue weighted by atomic mass is 9.64. The first-order valence-electron chi connectivity index (χ1n) is 21.0. The molecule has 0 saturated carbocycles. The van der Waals surface area contributed by atoms with Crippen molar-refractivity contribution in [2.75, 3.05) is 0 Å². The van der Waals surface area contributed by atoms with Crippen LogP contribution in [-0.4, -0.2) is 0 Å². The molecule has 0 aliphatic heterocycles. The van der Waals surface area contributed by atoms with Crippen LogP contribution in [0.5, 0.6) is 0 Å². The molecule has 0 saturated heterocycles. The summed E-state index contributed by atoms with van der Waals surface area (Å²) in [6.45, 7) is 0. The predicted octanol–water partition coefficient (Wildman–Crippen LogP) is 14.6. The Balaban J connectivity index is 1.04. The predicted molar refractivity (Wildman–Crippen MR) is 249 cm³/mol. The van der Waals surface area contributed by atoms with Crippen LogP contribution in [0.1, 0.15) is 50.1 Å². The zero-order chi connectivity index (χ0) is 39.7. The van der Waals surface area contributed by atoms with Gasteiger partial charge in [0.1, 0.15) is 0 Å². The zero-order valence-corrected chi connectivity index (χ0v) is 33.1. The Bertz CT molecular complexity index is 3100. The van der Waals surface area contributed by atoms with E-state index in [1.165, 1.54) is 100 Å². The van der Waals surface area contributed by atoms with Gasteiger partial charge in [-0.3, -0.25) is 0 Å². The minimum absolute atomic E-state index is 0.438. The van der Waals surface area contributed by atoms with Crippen LogP contribution in [0, 0.1) is 0 Å². The lowest BCUT2D eigenvalue weighted by Gasteiger charge is -2.37. The third kappa shape index (κ3) is 4.79. The first-order valence-corrected chi connectivity index (χ1v) is 21.0. The Morgan fingerprint density at radius 1 is 0.267 bits per heavy atom. The van der Waals surface area contributed by atoms with Gasteiger partial charge in [0.15, 0.2) is 0 Å². The maximum Gasteiger partial charge on any atom is 0.0714 e. The van der Waals surface area contributed by atoms with Crippen LogP contribution in [-0.2, 0) is 10.8 Å². The van der Waals surface area contributed by atoms with Crippen molar-refractivity contribution < 1.29 is 0 Å². The molecule has 0 aromatic heterocycles. The van der Waals surface area contributed by atoms with Gasteiger partial charge in [0.25, 0.3) is 0 Å². The summed E-state index contributed by atoms with van der Waals surface area (Å²) in [5.41, 5.74) is 22.3. The summed E-state index contributed by atoms with van der Waals surface area (Å²) in [7, 11) is 0. The minimum atomic E-state index is -0.488. The summed E-state index contributed by atoms with van der Waals surface area (Å²) in [6, 6.07) is 87.7. The summed E-state index contributed by atoms with van der Waals surface area (Å²) in [6.07, 6.45) is 2.48. The van der Waals surface area contributed by atoms with Gasteiger partial charge in [0, 0.05) is 0 Å². The molecular formula is C60H40. The normalized spacial score (nSPS) is 16.6. The molecule has 0 nitrogen and oxygen atoms in total. The van der Waals surface area contributed by atoms with E-state index in [2.05, 4.69) is 243 Å².